The zero-order valence-electron chi connectivity index (χ0n) is 16.4. The molecule has 0 bridgehead atoms. The summed E-state index contributed by atoms with van der Waals surface area (Å²) in [5, 5.41) is 0. The molecule has 0 aromatic heterocycles. The number of hydrogen-bond acceptors (Lipinski definition) is 3. The number of benzene rings is 3. The number of nitrogens with zero attached hydrogens (tertiary/aromatic N) is 1. The minimum absolute atomic E-state index is 0.319. The van der Waals surface area contributed by atoms with E-state index < -0.39 is 0 Å². The van der Waals surface area contributed by atoms with E-state index in [1.165, 1.54) is 11.8 Å². The lowest BCUT2D eigenvalue weighted by Gasteiger charge is -2.14. The first kappa shape index (κ1) is 18.7. The average molecular weight is 383 g/mol. The molecule has 1 aliphatic rings. The summed E-state index contributed by atoms with van der Waals surface area (Å²) in [6.07, 6.45) is 0. The SMILES string of the molecule is CCOC(=C1C(=O)N(C(C)=O)c2cc(-c3ccccc3)ccc21)c1ccccc1. The first-order chi connectivity index (χ1) is 14.1. The number of imide groups is 1. The lowest BCUT2D eigenvalue weighted by molar-refractivity contribution is -0.122. The number of hydrogen-bond donors (Lipinski definition) is 0. The molecule has 0 fully saturated rings. The third-order valence-electron chi connectivity index (χ3n) is 4.90. The Balaban J connectivity index is 1.95. The molecule has 1 heterocycles. The Morgan fingerprint density at radius 2 is 1.55 bits per heavy atom. The molecule has 0 spiro atoms. The fourth-order valence-corrected chi connectivity index (χ4v) is 3.64. The van der Waals surface area contributed by atoms with Crippen LogP contribution in [-0.2, 0) is 14.3 Å². The highest BCUT2D eigenvalue weighted by atomic mass is 16.5. The predicted molar refractivity (Wildman–Crippen MR) is 115 cm³/mol. The molecule has 2 amide bonds. The van der Waals surface area contributed by atoms with E-state index in [1.54, 1.807) is 0 Å². The molecule has 4 heteroatoms. The first-order valence-corrected chi connectivity index (χ1v) is 9.59. The average Bonchev–Trinajstić information content (AvgIpc) is 3.04. The van der Waals surface area contributed by atoms with Crippen molar-refractivity contribution in [2.45, 2.75) is 13.8 Å². The van der Waals surface area contributed by atoms with E-state index >= 15 is 0 Å². The van der Waals surface area contributed by atoms with Gasteiger partial charge in [0.2, 0.25) is 5.91 Å². The maximum absolute atomic E-state index is 13.3. The highest BCUT2D eigenvalue weighted by Crippen LogP contribution is 2.43. The zero-order chi connectivity index (χ0) is 20.4. The molecule has 29 heavy (non-hydrogen) atoms. The highest BCUT2D eigenvalue weighted by molar-refractivity contribution is 6.43. The zero-order valence-corrected chi connectivity index (χ0v) is 16.4. The maximum atomic E-state index is 13.3. The van der Waals surface area contributed by atoms with Crippen LogP contribution in [0.15, 0.2) is 78.9 Å². The highest BCUT2D eigenvalue weighted by Gasteiger charge is 2.38. The quantitative estimate of drug-likeness (QED) is 0.462. The van der Waals surface area contributed by atoms with Gasteiger partial charge in [0.15, 0.2) is 0 Å². The van der Waals surface area contributed by atoms with Crippen molar-refractivity contribution in [3.05, 3.63) is 90.0 Å². The summed E-state index contributed by atoms with van der Waals surface area (Å²) in [4.78, 5) is 26.9. The van der Waals surface area contributed by atoms with Gasteiger partial charge in [-0.3, -0.25) is 9.59 Å². The van der Waals surface area contributed by atoms with Crippen molar-refractivity contribution in [1.82, 2.24) is 0 Å². The Morgan fingerprint density at radius 3 is 2.17 bits per heavy atom. The minimum Gasteiger partial charge on any atom is -0.492 e. The molecule has 4 rings (SSSR count). The standard InChI is InChI=1S/C25H21NO3/c1-3-29-24(19-12-8-5-9-13-19)23-21-15-14-20(18-10-6-4-7-11-18)16-22(21)26(17(2)27)25(23)28/h4-16H,3H2,1-2H3. The molecule has 0 aliphatic carbocycles. The molecule has 144 valence electrons. The summed E-state index contributed by atoms with van der Waals surface area (Å²) in [5.41, 5.74) is 4.49. The lowest BCUT2D eigenvalue weighted by Crippen LogP contribution is -2.31. The number of anilines is 1. The second kappa shape index (κ2) is 7.76. The van der Waals surface area contributed by atoms with Crippen LogP contribution >= 0.6 is 0 Å². The van der Waals surface area contributed by atoms with Crippen LogP contribution in [0.25, 0.3) is 22.5 Å². The van der Waals surface area contributed by atoms with Crippen molar-refractivity contribution in [1.29, 1.82) is 0 Å². The smallest absolute Gasteiger partial charge is 0.269 e. The van der Waals surface area contributed by atoms with E-state index in [9.17, 15) is 9.59 Å². The van der Waals surface area contributed by atoms with Crippen molar-refractivity contribution >= 4 is 28.8 Å². The monoisotopic (exact) mass is 383 g/mol. The molecule has 0 N–H and O–H groups in total. The Bertz CT molecular complexity index is 1100. The summed E-state index contributed by atoms with van der Waals surface area (Å²) in [6.45, 7) is 3.70. The normalized spacial score (nSPS) is 14.6. The Morgan fingerprint density at radius 1 is 0.897 bits per heavy atom. The van der Waals surface area contributed by atoms with Crippen molar-refractivity contribution in [2.75, 3.05) is 11.5 Å². The van der Waals surface area contributed by atoms with Gasteiger partial charge in [0.1, 0.15) is 5.76 Å². The van der Waals surface area contributed by atoms with Gasteiger partial charge in [0.05, 0.1) is 17.9 Å². The third-order valence-corrected chi connectivity index (χ3v) is 4.90. The van der Waals surface area contributed by atoms with Crippen LogP contribution in [0.3, 0.4) is 0 Å². The predicted octanol–water partition coefficient (Wildman–Crippen LogP) is 5.15. The molecular formula is C25H21NO3. The van der Waals surface area contributed by atoms with Gasteiger partial charge in [-0.2, -0.15) is 0 Å². The van der Waals surface area contributed by atoms with Crippen LogP contribution < -0.4 is 4.90 Å². The second-order valence-electron chi connectivity index (χ2n) is 6.76. The van der Waals surface area contributed by atoms with Gasteiger partial charge in [-0.1, -0.05) is 72.8 Å². The minimum atomic E-state index is -0.356. The van der Waals surface area contributed by atoms with Crippen LogP contribution in [0, 0.1) is 0 Å². The summed E-state index contributed by atoms with van der Waals surface area (Å²) in [6, 6.07) is 25.2. The van der Waals surface area contributed by atoms with E-state index in [-0.39, 0.29) is 11.8 Å². The number of rotatable bonds is 4. The Hall–Kier alpha value is -3.66. The van der Waals surface area contributed by atoms with Crippen molar-refractivity contribution in [3.8, 4) is 11.1 Å². The van der Waals surface area contributed by atoms with Gasteiger partial charge in [-0.25, -0.2) is 4.90 Å². The van der Waals surface area contributed by atoms with Crippen LogP contribution in [0.4, 0.5) is 5.69 Å². The van der Waals surface area contributed by atoms with Crippen LogP contribution in [0.2, 0.25) is 0 Å². The second-order valence-corrected chi connectivity index (χ2v) is 6.76. The van der Waals surface area contributed by atoms with E-state index in [0.717, 1.165) is 16.7 Å². The number of carbonyl (C=O) groups is 2. The molecule has 0 unspecified atom stereocenters. The molecule has 4 nitrogen and oxygen atoms in total. The van der Waals surface area contributed by atoms with Crippen molar-refractivity contribution < 1.29 is 14.3 Å². The first-order valence-electron chi connectivity index (χ1n) is 9.59. The van der Waals surface area contributed by atoms with Gasteiger partial charge in [-0.15, -0.1) is 0 Å². The van der Waals surface area contributed by atoms with Crippen LogP contribution in [0.5, 0.6) is 0 Å². The molecule has 1 aliphatic heterocycles. The fraction of sp³-hybridized carbons (Fsp3) is 0.120. The van der Waals surface area contributed by atoms with E-state index in [1.807, 2.05) is 85.8 Å². The fourth-order valence-electron chi connectivity index (χ4n) is 3.64. The van der Waals surface area contributed by atoms with Gasteiger partial charge >= 0.3 is 0 Å². The molecular weight excluding hydrogens is 362 g/mol. The Kier molecular flexibility index (Phi) is 5.00. The topological polar surface area (TPSA) is 46.6 Å². The summed E-state index contributed by atoms with van der Waals surface area (Å²) in [5.74, 6) is -0.180. The van der Waals surface area contributed by atoms with E-state index in [0.29, 0.717) is 29.2 Å². The van der Waals surface area contributed by atoms with Gasteiger partial charge < -0.3 is 4.74 Å². The Labute approximate surface area is 170 Å². The summed E-state index contributed by atoms with van der Waals surface area (Å²) in [7, 11) is 0. The van der Waals surface area contributed by atoms with Crippen LogP contribution in [-0.4, -0.2) is 18.4 Å². The maximum Gasteiger partial charge on any atom is 0.269 e. The van der Waals surface area contributed by atoms with Gasteiger partial charge in [0, 0.05) is 18.1 Å². The van der Waals surface area contributed by atoms with E-state index in [2.05, 4.69) is 0 Å². The largest absolute Gasteiger partial charge is 0.492 e. The molecule has 0 radical (unpaired) electrons. The number of fused-ring (bicyclic) bond motifs is 1. The number of ether oxygens (including phenoxy) is 1. The molecule has 0 saturated heterocycles. The van der Waals surface area contributed by atoms with Crippen molar-refractivity contribution in [3.63, 3.8) is 0 Å². The molecule has 3 aromatic rings. The summed E-state index contributed by atoms with van der Waals surface area (Å²) < 4.78 is 5.90. The molecule has 3 aromatic carbocycles. The number of carbonyl (C=O) groups excluding carboxylic acids is 2. The molecule has 0 atom stereocenters. The van der Waals surface area contributed by atoms with Crippen molar-refractivity contribution in [2.24, 2.45) is 0 Å². The third kappa shape index (κ3) is 3.34. The van der Waals surface area contributed by atoms with Gasteiger partial charge in [-0.05, 0) is 24.1 Å². The number of amides is 2. The van der Waals surface area contributed by atoms with Crippen LogP contribution in [0.1, 0.15) is 25.0 Å². The lowest BCUT2D eigenvalue weighted by atomic mass is 9.98. The van der Waals surface area contributed by atoms with Gasteiger partial charge in [0.25, 0.3) is 5.91 Å². The van der Waals surface area contributed by atoms with E-state index in [4.69, 9.17) is 4.74 Å². The summed E-state index contributed by atoms with van der Waals surface area (Å²) >= 11 is 0. The molecule has 0 saturated carbocycles.